The summed E-state index contributed by atoms with van der Waals surface area (Å²) in [6.07, 6.45) is 7.79. The maximum Gasteiger partial charge on any atom is 0.229 e. The van der Waals surface area contributed by atoms with Gasteiger partial charge in [-0.15, -0.1) is 0 Å². The van der Waals surface area contributed by atoms with Gasteiger partial charge in [-0.25, -0.2) is 0 Å². The number of nitrogens with two attached hydrogens (primary N) is 1. The van der Waals surface area contributed by atoms with Crippen LogP contribution in [0.3, 0.4) is 0 Å². The Labute approximate surface area is 123 Å². The Morgan fingerprint density at radius 3 is 2.55 bits per heavy atom. The Bertz CT molecular complexity index is 318. The minimum Gasteiger partial charge on any atom is -0.376 e. The molecule has 116 valence electrons. The van der Waals surface area contributed by atoms with E-state index in [1.54, 1.807) is 0 Å². The fraction of sp³-hybridized carbons (Fsp3) is 0.938. The van der Waals surface area contributed by atoms with Gasteiger partial charge in [-0.05, 0) is 50.9 Å². The van der Waals surface area contributed by atoms with E-state index in [1.165, 1.54) is 6.42 Å². The normalized spacial score (nSPS) is 34.8. The largest absolute Gasteiger partial charge is 0.376 e. The summed E-state index contributed by atoms with van der Waals surface area (Å²) < 4.78 is 5.74. The average molecular weight is 282 g/mol. The second kappa shape index (κ2) is 6.90. The Morgan fingerprint density at radius 2 is 2.00 bits per heavy atom. The molecule has 1 atom stereocenters. The molecule has 0 radical (unpaired) electrons. The second-order valence-electron chi connectivity index (χ2n) is 6.84. The number of hydrogen-bond donors (Lipinski definition) is 1. The minimum absolute atomic E-state index is 0.218. The van der Waals surface area contributed by atoms with E-state index < -0.39 is 0 Å². The SMILES string of the molecule is CC1CCC(CN)(C(=O)N(C)CC2CCCCO2)CC1. The molecule has 0 bridgehead atoms. The molecular formula is C16H30N2O2. The molecule has 2 rings (SSSR count). The summed E-state index contributed by atoms with van der Waals surface area (Å²) in [5.41, 5.74) is 5.67. The summed E-state index contributed by atoms with van der Waals surface area (Å²) in [7, 11) is 1.91. The van der Waals surface area contributed by atoms with Crippen molar-refractivity contribution in [1.29, 1.82) is 0 Å². The molecular weight excluding hydrogens is 252 g/mol. The zero-order valence-corrected chi connectivity index (χ0v) is 13.1. The lowest BCUT2D eigenvalue weighted by molar-refractivity contribution is -0.145. The number of ether oxygens (including phenoxy) is 1. The maximum atomic E-state index is 12.8. The molecule has 4 nitrogen and oxygen atoms in total. The molecule has 0 aromatic carbocycles. The van der Waals surface area contributed by atoms with Crippen LogP contribution in [0.1, 0.15) is 51.9 Å². The number of hydrogen-bond acceptors (Lipinski definition) is 3. The van der Waals surface area contributed by atoms with E-state index in [-0.39, 0.29) is 17.4 Å². The van der Waals surface area contributed by atoms with Crippen molar-refractivity contribution in [3.05, 3.63) is 0 Å². The van der Waals surface area contributed by atoms with Crippen molar-refractivity contribution in [2.24, 2.45) is 17.1 Å². The highest BCUT2D eigenvalue weighted by molar-refractivity contribution is 5.83. The molecule has 1 aliphatic heterocycles. The van der Waals surface area contributed by atoms with Gasteiger partial charge in [0.1, 0.15) is 0 Å². The van der Waals surface area contributed by atoms with Crippen molar-refractivity contribution < 1.29 is 9.53 Å². The topological polar surface area (TPSA) is 55.6 Å². The predicted octanol–water partition coefficient (Wildman–Crippen LogP) is 2.17. The number of likely N-dealkylation sites (N-methyl/N-ethyl adjacent to an activating group) is 1. The second-order valence-corrected chi connectivity index (χ2v) is 6.84. The average Bonchev–Trinajstić information content (AvgIpc) is 2.49. The first-order valence-corrected chi connectivity index (χ1v) is 8.14. The zero-order valence-electron chi connectivity index (χ0n) is 13.1. The third-order valence-electron chi connectivity index (χ3n) is 5.17. The van der Waals surface area contributed by atoms with Crippen molar-refractivity contribution in [1.82, 2.24) is 4.90 Å². The van der Waals surface area contributed by atoms with Gasteiger partial charge in [0.05, 0.1) is 11.5 Å². The van der Waals surface area contributed by atoms with E-state index in [2.05, 4.69) is 6.92 Å². The van der Waals surface area contributed by atoms with Crippen LogP contribution in [-0.2, 0) is 9.53 Å². The van der Waals surface area contributed by atoms with Crippen LogP contribution >= 0.6 is 0 Å². The van der Waals surface area contributed by atoms with E-state index in [9.17, 15) is 4.79 Å². The van der Waals surface area contributed by atoms with Crippen LogP contribution in [0.2, 0.25) is 0 Å². The Kier molecular flexibility index (Phi) is 5.44. The molecule has 2 fully saturated rings. The fourth-order valence-electron chi connectivity index (χ4n) is 3.56. The number of carbonyl (C=O) groups excluding carboxylic acids is 1. The smallest absolute Gasteiger partial charge is 0.229 e. The summed E-state index contributed by atoms with van der Waals surface area (Å²) >= 11 is 0. The van der Waals surface area contributed by atoms with Crippen LogP contribution in [0, 0.1) is 11.3 Å². The third kappa shape index (κ3) is 3.53. The number of amides is 1. The number of rotatable bonds is 4. The standard InChI is InChI=1S/C16H30N2O2/c1-13-6-8-16(12-17,9-7-13)15(19)18(2)11-14-5-3-4-10-20-14/h13-14H,3-12,17H2,1-2H3. The third-order valence-corrected chi connectivity index (χ3v) is 5.17. The van der Waals surface area contributed by atoms with Crippen LogP contribution in [0.5, 0.6) is 0 Å². The van der Waals surface area contributed by atoms with Crippen LogP contribution in [0.15, 0.2) is 0 Å². The van der Waals surface area contributed by atoms with Crippen LogP contribution < -0.4 is 5.73 Å². The fourth-order valence-corrected chi connectivity index (χ4v) is 3.56. The van der Waals surface area contributed by atoms with Gasteiger partial charge in [0.2, 0.25) is 5.91 Å². The Morgan fingerprint density at radius 1 is 1.30 bits per heavy atom. The van der Waals surface area contributed by atoms with Crippen molar-refractivity contribution in [3.63, 3.8) is 0 Å². The van der Waals surface area contributed by atoms with E-state index in [1.807, 2.05) is 11.9 Å². The summed E-state index contributed by atoms with van der Waals surface area (Å²) in [6, 6.07) is 0. The zero-order chi connectivity index (χ0) is 14.6. The van der Waals surface area contributed by atoms with Crippen molar-refractivity contribution in [3.8, 4) is 0 Å². The quantitative estimate of drug-likeness (QED) is 0.860. The highest BCUT2D eigenvalue weighted by Crippen LogP contribution is 2.39. The molecule has 1 saturated carbocycles. The lowest BCUT2D eigenvalue weighted by Gasteiger charge is -2.40. The first kappa shape index (κ1) is 15.8. The van der Waals surface area contributed by atoms with Gasteiger partial charge in [-0.3, -0.25) is 4.79 Å². The number of carbonyl (C=O) groups is 1. The molecule has 1 heterocycles. The summed E-state index contributed by atoms with van der Waals surface area (Å²) in [6.45, 7) is 4.31. The molecule has 4 heteroatoms. The molecule has 2 aliphatic rings. The Hall–Kier alpha value is -0.610. The van der Waals surface area contributed by atoms with E-state index in [0.717, 1.165) is 57.6 Å². The van der Waals surface area contributed by atoms with Crippen LogP contribution in [0.25, 0.3) is 0 Å². The first-order valence-electron chi connectivity index (χ1n) is 8.14. The van der Waals surface area contributed by atoms with Gasteiger partial charge in [-0.1, -0.05) is 6.92 Å². The monoisotopic (exact) mass is 282 g/mol. The van der Waals surface area contributed by atoms with Crippen molar-refractivity contribution >= 4 is 5.91 Å². The molecule has 1 amide bonds. The van der Waals surface area contributed by atoms with Crippen LogP contribution in [0.4, 0.5) is 0 Å². The van der Waals surface area contributed by atoms with Crippen molar-refractivity contribution in [2.75, 3.05) is 26.7 Å². The molecule has 1 unspecified atom stereocenters. The van der Waals surface area contributed by atoms with Gasteiger partial charge in [0.25, 0.3) is 0 Å². The lowest BCUT2D eigenvalue weighted by Crippen LogP contribution is -2.50. The highest BCUT2D eigenvalue weighted by Gasteiger charge is 2.41. The van der Waals surface area contributed by atoms with Gasteiger partial charge in [0, 0.05) is 26.7 Å². The molecule has 20 heavy (non-hydrogen) atoms. The van der Waals surface area contributed by atoms with Gasteiger partial charge >= 0.3 is 0 Å². The Balaban J connectivity index is 1.93. The van der Waals surface area contributed by atoms with Crippen LogP contribution in [-0.4, -0.2) is 43.7 Å². The van der Waals surface area contributed by atoms with E-state index in [0.29, 0.717) is 6.54 Å². The molecule has 1 aliphatic carbocycles. The summed E-state index contributed by atoms with van der Waals surface area (Å²) in [5.74, 6) is 0.968. The predicted molar refractivity (Wildman–Crippen MR) is 80.3 cm³/mol. The molecule has 0 spiro atoms. The minimum atomic E-state index is -0.310. The molecule has 0 aromatic rings. The maximum absolute atomic E-state index is 12.8. The lowest BCUT2D eigenvalue weighted by atomic mass is 9.70. The molecule has 2 N–H and O–H groups in total. The first-order chi connectivity index (χ1) is 9.57. The van der Waals surface area contributed by atoms with E-state index in [4.69, 9.17) is 10.5 Å². The summed E-state index contributed by atoms with van der Waals surface area (Å²) in [5, 5.41) is 0. The van der Waals surface area contributed by atoms with Gasteiger partial charge < -0.3 is 15.4 Å². The van der Waals surface area contributed by atoms with Crippen molar-refractivity contribution in [2.45, 2.75) is 58.0 Å². The summed E-state index contributed by atoms with van der Waals surface area (Å²) in [4.78, 5) is 14.7. The highest BCUT2D eigenvalue weighted by atomic mass is 16.5. The van der Waals surface area contributed by atoms with Gasteiger partial charge in [-0.2, -0.15) is 0 Å². The van der Waals surface area contributed by atoms with Gasteiger partial charge in [0.15, 0.2) is 0 Å². The van der Waals surface area contributed by atoms with E-state index >= 15 is 0 Å². The molecule has 1 saturated heterocycles. The molecule has 0 aromatic heterocycles. The number of nitrogens with zero attached hydrogens (tertiary/aromatic N) is 1.